The zero-order chi connectivity index (χ0) is 24.8. The Morgan fingerprint density at radius 1 is 0.971 bits per heavy atom. The molecular formula is C28H29ClN4O2. The van der Waals surface area contributed by atoms with E-state index < -0.39 is 0 Å². The maximum absolute atomic E-state index is 13.1. The Morgan fingerprint density at radius 2 is 1.77 bits per heavy atom. The summed E-state index contributed by atoms with van der Waals surface area (Å²) < 4.78 is 1.60. The molecule has 0 saturated heterocycles. The Hall–Kier alpha value is -3.61. The van der Waals surface area contributed by atoms with Gasteiger partial charge in [-0.2, -0.15) is 0 Å². The van der Waals surface area contributed by atoms with Gasteiger partial charge in [0.25, 0.3) is 5.56 Å². The average Bonchev–Trinajstić information content (AvgIpc) is 2.86. The number of urea groups is 1. The van der Waals surface area contributed by atoms with Crippen molar-refractivity contribution in [2.75, 3.05) is 18.4 Å². The molecular weight excluding hydrogens is 460 g/mol. The minimum atomic E-state index is -0.341. The van der Waals surface area contributed by atoms with E-state index in [4.69, 9.17) is 11.6 Å². The highest BCUT2D eigenvalue weighted by Gasteiger charge is 2.17. The lowest BCUT2D eigenvalue weighted by Gasteiger charge is -2.18. The number of pyridine rings is 1. The Bertz CT molecular complexity index is 1400. The molecule has 1 aromatic heterocycles. The number of rotatable bonds is 8. The predicted molar refractivity (Wildman–Crippen MR) is 144 cm³/mol. The molecule has 6 nitrogen and oxygen atoms in total. The summed E-state index contributed by atoms with van der Waals surface area (Å²) in [6, 6.07) is 22.6. The van der Waals surface area contributed by atoms with Crippen LogP contribution in [0.25, 0.3) is 21.9 Å². The number of fused-ring (bicyclic) bond motifs is 1. The fourth-order valence-electron chi connectivity index (χ4n) is 4.22. The summed E-state index contributed by atoms with van der Waals surface area (Å²) in [5, 5.41) is 11.0. The van der Waals surface area contributed by atoms with Crippen molar-refractivity contribution >= 4 is 34.1 Å². The van der Waals surface area contributed by atoms with E-state index in [2.05, 4.69) is 22.9 Å². The third-order valence-corrected chi connectivity index (χ3v) is 6.22. The zero-order valence-corrected chi connectivity index (χ0v) is 20.7. The largest absolute Gasteiger partial charge is 0.332 e. The van der Waals surface area contributed by atoms with Crippen molar-refractivity contribution in [3.8, 4) is 11.1 Å². The van der Waals surface area contributed by atoms with Crippen LogP contribution in [0.1, 0.15) is 18.2 Å². The first-order valence-corrected chi connectivity index (χ1v) is 12.1. The van der Waals surface area contributed by atoms with Crippen molar-refractivity contribution in [3.05, 3.63) is 99.4 Å². The maximum atomic E-state index is 13.1. The number of nitrogens with zero attached hydrogens (tertiary/aromatic N) is 1. The number of carbonyl (C=O) groups is 1. The van der Waals surface area contributed by atoms with Gasteiger partial charge in [0.2, 0.25) is 0 Å². The quantitative estimate of drug-likeness (QED) is 0.293. The number of aromatic nitrogens is 1. The molecule has 0 fully saturated rings. The second-order valence-corrected chi connectivity index (χ2v) is 8.79. The lowest BCUT2D eigenvalue weighted by Crippen LogP contribution is -2.32. The van der Waals surface area contributed by atoms with Gasteiger partial charge >= 0.3 is 6.03 Å². The first-order chi connectivity index (χ1) is 17.0. The van der Waals surface area contributed by atoms with E-state index in [9.17, 15) is 9.59 Å². The lowest BCUT2D eigenvalue weighted by molar-refractivity contribution is 0.251. The molecule has 4 aromatic rings. The Kier molecular flexibility index (Phi) is 7.85. The van der Waals surface area contributed by atoms with Crippen molar-refractivity contribution in [1.29, 1.82) is 0 Å². The SMILES string of the molecule is CCNCCc1cccc(NC(=O)NCc2c(-c3ccccc3)c3cc(Cl)ccc3c(=O)n2C)c1. The van der Waals surface area contributed by atoms with E-state index in [0.29, 0.717) is 16.1 Å². The van der Waals surface area contributed by atoms with Crippen LogP contribution >= 0.6 is 11.6 Å². The number of hydrogen-bond acceptors (Lipinski definition) is 3. The molecule has 0 atom stereocenters. The van der Waals surface area contributed by atoms with Crippen LogP contribution in [-0.4, -0.2) is 23.7 Å². The fraction of sp³-hybridized carbons (Fsp3) is 0.214. The van der Waals surface area contributed by atoms with Crippen LogP contribution in [0.2, 0.25) is 5.02 Å². The molecule has 0 aliphatic heterocycles. The van der Waals surface area contributed by atoms with Gasteiger partial charge in [0, 0.05) is 34.4 Å². The number of benzene rings is 3. The van der Waals surface area contributed by atoms with Crippen molar-refractivity contribution in [1.82, 2.24) is 15.2 Å². The first-order valence-electron chi connectivity index (χ1n) is 11.7. The summed E-state index contributed by atoms with van der Waals surface area (Å²) in [7, 11) is 1.73. The van der Waals surface area contributed by atoms with Crippen molar-refractivity contribution in [2.24, 2.45) is 7.05 Å². The predicted octanol–water partition coefficient (Wildman–Crippen LogP) is 5.33. The van der Waals surface area contributed by atoms with Crippen LogP contribution < -0.4 is 21.5 Å². The minimum absolute atomic E-state index is 0.137. The normalized spacial score (nSPS) is 10.9. The van der Waals surface area contributed by atoms with E-state index in [0.717, 1.165) is 47.3 Å². The molecule has 4 rings (SSSR count). The highest BCUT2D eigenvalue weighted by Crippen LogP contribution is 2.32. The highest BCUT2D eigenvalue weighted by atomic mass is 35.5. The highest BCUT2D eigenvalue weighted by molar-refractivity contribution is 6.31. The standard InChI is InChI=1S/C28H29ClN4O2/c1-3-30-15-14-19-8-7-11-22(16-19)32-28(35)31-18-25-26(20-9-5-4-6-10-20)24-17-21(29)12-13-23(24)27(34)33(25)2/h4-13,16-17,30H,3,14-15,18H2,1-2H3,(H2,31,32,35). The maximum Gasteiger partial charge on any atom is 0.319 e. The van der Waals surface area contributed by atoms with Crippen molar-refractivity contribution in [3.63, 3.8) is 0 Å². The summed E-state index contributed by atoms with van der Waals surface area (Å²) in [6.45, 7) is 4.05. The molecule has 35 heavy (non-hydrogen) atoms. The van der Waals surface area contributed by atoms with Gasteiger partial charge in [0.05, 0.1) is 6.54 Å². The molecule has 1 heterocycles. The van der Waals surface area contributed by atoms with Gasteiger partial charge in [-0.3, -0.25) is 4.79 Å². The van der Waals surface area contributed by atoms with Gasteiger partial charge in [-0.05, 0) is 66.4 Å². The summed E-state index contributed by atoms with van der Waals surface area (Å²) in [6.07, 6.45) is 0.882. The van der Waals surface area contributed by atoms with Gasteiger partial charge < -0.3 is 20.5 Å². The number of nitrogens with one attached hydrogen (secondary N) is 3. The summed E-state index contributed by atoms with van der Waals surface area (Å²) >= 11 is 6.30. The summed E-state index contributed by atoms with van der Waals surface area (Å²) in [5.74, 6) is 0. The van der Waals surface area contributed by atoms with E-state index in [1.54, 1.807) is 23.7 Å². The molecule has 3 aromatic carbocycles. The third-order valence-electron chi connectivity index (χ3n) is 5.98. The van der Waals surface area contributed by atoms with Gasteiger partial charge in [-0.1, -0.05) is 61.0 Å². The minimum Gasteiger partial charge on any atom is -0.332 e. The van der Waals surface area contributed by atoms with Crippen LogP contribution in [-0.2, 0) is 20.0 Å². The molecule has 0 saturated carbocycles. The van der Waals surface area contributed by atoms with Crippen LogP contribution in [0.4, 0.5) is 10.5 Å². The van der Waals surface area contributed by atoms with Crippen molar-refractivity contribution in [2.45, 2.75) is 19.9 Å². The van der Waals surface area contributed by atoms with E-state index in [-0.39, 0.29) is 18.1 Å². The van der Waals surface area contributed by atoms with E-state index in [1.807, 2.05) is 60.7 Å². The molecule has 180 valence electrons. The number of likely N-dealkylation sites (N-methyl/N-ethyl adjacent to an activating group) is 1. The molecule has 0 aliphatic rings. The number of anilines is 1. The number of amides is 2. The zero-order valence-electron chi connectivity index (χ0n) is 19.9. The lowest BCUT2D eigenvalue weighted by atomic mass is 9.96. The Labute approximate surface area is 209 Å². The molecule has 2 amide bonds. The number of carbonyl (C=O) groups excluding carboxylic acids is 1. The monoisotopic (exact) mass is 488 g/mol. The average molecular weight is 489 g/mol. The number of halogens is 1. The second-order valence-electron chi connectivity index (χ2n) is 8.35. The second kappa shape index (κ2) is 11.2. The Balaban J connectivity index is 1.61. The molecule has 0 aliphatic carbocycles. The summed E-state index contributed by atoms with van der Waals surface area (Å²) in [4.78, 5) is 25.9. The summed E-state index contributed by atoms with van der Waals surface area (Å²) in [5.41, 5.74) is 4.24. The van der Waals surface area contributed by atoms with E-state index >= 15 is 0 Å². The van der Waals surface area contributed by atoms with E-state index in [1.165, 1.54) is 0 Å². The first kappa shape index (κ1) is 24.5. The molecule has 0 bridgehead atoms. The molecule has 0 radical (unpaired) electrons. The smallest absolute Gasteiger partial charge is 0.319 e. The third kappa shape index (κ3) is 5.73. The fourth-order valence-corrected chi connectivity index (χ4v) is 4.40. The Morgan fingerprint density at radius 3 is 2.54 bits per heavy atom. The molecule has 0 unspecified atom stereocenters. The number of hydrogen-bond donors (Lipinski definition) is 3. The van der Waals surface area contributed by atoms with Crippen LogP contribution in [0.5, 0.6) is 0 Å². The van der Waals surface area contributed by atoms with Crippen molar-refractivity contribution < 1.29 is 4.79 Å². The van der Waals surface area contributed by atoms with Gasteiger partial charge in [-0.25, -0.2) is 4.79 Å². The molecule has 3 N–H and O–H groups in total. The van der Waals surface area contributed by atoms with Crippen LogP contribution in [0.15, 0.2) is 77.6 Å². The van der Waals surface area contributed by atoms with Crippen LogP contribution in [0, 0.1) is 0 Å². The molecule has 7 heteroatoms. The van der Waals surface area contributed by atoms with Gasteiger partial charge in [0.15, 0.2) is 0 Å². The van der Waals surface area contributed by atoms with Crippen LogP contribution in [0.3, 0.4) is 0 Å². The van der Waals surface area contributed by atoms with Gasteiger partial charge in [0.1, 0.15) is 0 Å². The topological polar surface area (TPSA) is 75.2 Å². The molecule has 0 spiro atoms. The van der Waals surface area contributed by atoms with Gasteiger partial charge in [-0.15, -0.1) is 0 Å².